The fourth-order valence-electron chi connectivity index (χ4n) is 5.72. The molecule has 0 N–H and O–H groups in total. The molecular formula is C42H28IrN4O+. The van der Waals surface area contributed by atoms with E-state index >= 15 is 0 Å². The summed E-state index contributed by atoms with van der Waals surface area (Å²) < 4.78 is 32.9. The van der Waals surface area contributed by atoms with E-state index in [4.69, 9.17) is 8.53 Å². The van der Waals surface area contributed by atoms with Crippen molar-refractivity contribution in [2.45, 2.75) is 6.85 Å². The van der Waals surface area contributed by atoms with E-state index in [1.165, 1.54) is 17.2 Å². The van der Waals surface area contributed by atoms with Gasteiger partial charge in [0.05, 0.1) is 16.7 Å². The molecule has 9 rings (SSSR count). The van der Waals surface area contributed by atoms with Crippen molar-refractivity contribution in [3.8, 4) is 33.8 Å². The van der Waals surface area contributed by atoms with Gasteiger partial charge in [-0.3, -0.25) is 4.57 Å². The number of hydrogen-bond acceptors (Lipinski definition) is 3. The smallest absolute Gasteiger partial charge is 0.505 e. The molecule has 48 heavy (non-hydrogen) atoms. The zero-order chi connectivity index (χ0) is 34.1. The second-order valence-electron chi connectivity index (χ2n) is 10.9. The zero-order valence-electron chi connectivity index (χ0n) is 28.5. The van der Waals surface area contributed by atoms with Gasteiger partial charge in [-0.1, -0.05) is 90.3 Å². The summed E-state index contributed by atoms with van der Waals surface area (Å²) >= 11 is 0. The second kappa shape index (κ2) is 13.6. The van der Waals surface area contributed by atoms with Gasteiger partial charge in [0.2, 0.25) is 5.71 Å². The van der Waals surface area contributed by atoms with Gasteiger partial charge in [-0.25, -0.2) is 4.98 Å². The number of rotatable bonds is 4. The number of hydrogen-bond donors (Lipinski definition) is 0. The van der Waals surface area contributed by atoms with Gasteiger partial charge >= 0.3 is 20.1 Å². The quantitative estimate of drug-likeness (QED) is 0.132. The maximum Gasteiger partial charge on any atom is 3.00 e. The van der Waals surface area contributed by atoms with Crippen LogP contribution >= 0.6 is 0 Å². The minimum Gasteiger partial charge on any atom is -0.505 e. The first-order chi connectivity index (χ1) is 24.4. The molecule has 0 atom stereocenters. The molecule has 4 heterocycles. The number of pyridine rings is 2. The normalized spacial score (nSPS) is 12.0. The number of aromatic nitrogens is 4. The van der Waals surface area contributed by atoms with E-state index in [-0.39, 0.29) is 25.8 Å². The Kier molecular flexibility index (Phi) is 7.76. The van der Waals surface area contributed by atoms with E-state index in [0.29, 0.717) is 17.0 Å². The first-order valence-corrected chi connectivity index (χ1v) is 15.2. The average molecular weight is 800 g/mol. The fraction of sp³-hybridized carbons (Fsp3) is 0.0238. The van der Waals surface area contributed by atoms with E-state index in [2.05, 4.69) is 52.7 Å². The Balaban J connectivity index is 0.000000182. The van der Waals surface area contributed by atoms with Gasteiger partial charge < -0.3 is 14.0 Å². The van der Waals surface area contributed by atoms with Crippen LogP contribution < -0.4 is 4.57 Å². The SMILES string of the molecule is [2H]C([2H])([2H])c1ccc2c(n1)oc1c(-n3[c-][n+](-c4ccccc4)c4ccccc43)[c-]ccc12.[Ir+3].[c-]1ccc(-c2ccccc2)cc1-c1ccccn1. The van der Waals surface area contributed by atoms with E-state index in [1.807, 2.05) is 118 Å². The van der Waals surface area contributed by atoms with E-state index < -0.39 is 6.85 Å². The van der Waals surface area contributed by atoms with Crippen molar-refractivity contribution in [3.63, 3.8) is 0 Å². The molecule has 0 spiro atoms. The second-order valence-corrected chi connectivity index (χ2v) is 10.9. The third kappa shape index (κ3) is 5.95. The van der Waals surface area contributed by atoms with Gasteiger partial charge in [-0.15, -0.1) is 35.4 Å². The van der Waals surface area contributed by atoms with Gasteiger partial charge in [0.1, 0.15) is 0 Å². The first kappa shape index (κ1) is 27.4. The van der Waals surface area contributed by atoms with Crippen molar-refractivity contribution in [3.05, 3.63) is 176 Å². The van der Waals surface area contributed by atoms with Gasteiger partial charge in [-0.2, -0.15) is 18.2 Å². The molecule has 0 aliphatic carbocycles. The summed E-state index contributed by atoms with van der Waals surface area (Å²) in [6.07, 6.45) is 5.23. The standard InChI is InChI=1S/C25H16N3O.C17H12N.Ir/c1-17-14-15-20-19-10-7-13-23(24(19)29-25(20)26-17)28-16-27(18-8-3-2-4-9-18)21-11-5-6-12-22(21)28;1-2-7-14(8-3-1)15-9-6-10-16(13-15)17-11-4-5-12-18-17;/h2-12,14-15H,1H3;1-9,11-13H;/q2*-1;+3/i1D3;;. The number of nitrogens with zero attached hydrogens (tertiary/aromatic N) is 4. The molecule has 0 aliphatic heterocycles. The molecule has 0 amide bonds. The van der Waals surface area contributed by atoms with Crippen molar-refractivity contribution in [1.29, 1.82) is 0 Å². The average Bonchev–Trinajstić information content (AvgIpc) is 3.75. The molecule has 0 saturated carbocycles. The predicted molar refractivity (Wildman–Crippen MR) is 186 cm³/mol. The number of para-hydroxylation sites is 3. The van der Waals surface area contributed by atoms with Gasteiger partial charge in [0, 0.05) is 27.0 Å². The summed E-state index contributed by atoms with van der Waals surface area (Å²) in [6.45, 7) is -2.30. The Morgan fingerprint density at radius 3 is 2.31 bits per heavy atom. The molecule has 0 radical (unpaired) electrons. The third-order valence-electron chi connectivity index (χ3n) is 7.93. The molecule has 0 fully saturated rings. The molecule has 0 saturated heterocycles. The van der Waals surface area contributed by atoms with Crippen molar-refractivity contribution in [2.24, 2.45) is 0 Å². The number of fused-ring (bicyclic) bond motifs is 4. The van der Waals surface area contributed by atoms with Gasteiger partial charge in [-0.05, 0) is 54.1 Å². The number of imidazole rings is 1. The maximum absolute atomic E-state index is 7.65. The van der Waals surface area contributed by atoms with Crippen LogP contribution in [0.1, 0.15) is 9.81 Å². The minimum absolute atomic E-state index is 0. The van der Waals surface area contributed by atoms with Crippen LogP contribution in [0.4, 0.5) is 0 Å². The molecule has 0 aliphatic rings. The summed E-state index contributed by atoms with van der Waals surface area (Å²) in [7, 11) is 0. The Morgan fingerprint density at radius 2 is 1.50 bits per heavy atom. The zero-order valence-corrected chi connectivity index (χ0v) is 27.9. The monoisotopic (exact) mass is 800 g/mol. The van der Waals surface area contributed by atoms with Gasteiger partial charge in [0.25, 0.3) is 6.33 Å². The first-order valence-electron chi connectivity index (χ1n) is 16.7. The van der Waals surface area contributed by atoms with Crippen LogP contribution in [0.15, 0.2) is 156 Å². The molecule has 230 valence electrons. The Bertz CT molecular complexity index is 2530. The van der Waals surface area contributed by atoms with Crippen molar-refractivity contribution < 1.29 is 33.2 Å². The summed E-state index contributed by atoms with van der Waals surface area (Å²) in [4.78, 5) is 8.62. The van der Waals surface area contributed by atoms with Crippen molar-refractivity contribution in [1.82, 2.24) is 14.5 Å². The minimum atomic E-state index is -2.30. The van der Waals surface area contributed by atoms with Crippen LogP contribution in [0.3, 0.4) is 0 Å². The van der Waals surface area contributed by atoms with Crippen LogP contribution in [0.25, 0.3) is 66.9 Å². The summed E-state index contributed by atoms with van der Waals surface area (Å²) in [5.41, 5.74) is 8.86. The third-order valence-corrected chi connectivity index (χ3v) is 7.93. The van der Waals surface area contributed by atoms with Crippen LogP contribution in [-0.4, -0.2) is 14.5 Å². The van der Waals surface area contributed by atoms with Crippen LogP contribution in [0.5, 0.6) is 0 Å². The van der Waals surface area contributed by atoms with Crippen molar-refractivity contribution >= 4 is 33.1 Å². The van der Waals surface area contributed by atoms with Crippen LogP contribution in [0, 0.1) is 25.3 Å². The number of benzene rings is 5. The Hall–Kier alpha value is -5.68. The molecular weight excluding hydrogens is 769 g/mol. The van der Waals surface area contributed by atoms with E-state index in [0.717, 1.165) is 38.8 Å². The Labute approximate surface area is 296 Å². The summed E-state index contributed by atoms with van der Waals surface area (Å²) in [5, 5.41) is 1.60. The predicted octanol–water partition coefficient (Wildman–Crippen LogP) is 9.32. The summed E-state index contributed by atoms with van der Waals surface area (Å²) in [6, 6.07) is 54.0. The number of aryl methyl sites for hydroxylation is 1. The van der Waals surface area contributed by atoms with Crippen molar-refractivity contribution in [2.75, 3.05) is 0 Å². The summed E-state index contributed by atoms with van der Waals surface area (Å²) in [5.74, 6) is 0. The largest absolute Gasteiger partial charge is 3.00 e. The molecule has 0 bridgehead atoms. The Morgan fingerprint density at radius 1 is 0.729 bits per heavy atom. The molecule has 4 aromatic heterocycles. The molecule has 9 aromatic rings. The van der Waals surface area contributed by atoms with Crippen LogP contribution in [-0.2, 0) is 20.1 Å². The topological polar surface area (TPSA) is 47.7 Å². The van der Waals surface area contributed by atoms with E-state index in [9.17, 15) is 0 Å². The molecule has 0 unspecified atom stereocenters. The molecule has 5 nitrogen and oxygen atoms in total. The van der Waals surface area contributed by atoms with Gasteiger partial charge in [0.15, 0.2) is 0 Å². The van der Waals surface area contributed by atoms with E-state index in [1.54, 1.807) is 12.3 Å². The molecule has 6 heteroatoms. The fourth-order valence-corrected chi connectivity index (χ4v) is 5.72. The molecule has 5 aromatic carbocycles. The maximum atomic E-state index is 7.65. The van der Waals surface area contributed by atoms with Crippen LogP contribution in [0.2, 0.25) is 0 Å². The number of furan rings is 1.